The number of amides is 1. The van der Waals surface area contributed by atoms with Gasteiger partial charge in [-0.1, -0.05) is 37.7 Å². The van der Waals surface area contributed by atoms with Crippen molar-refractivity contribution in [1.29, 1.82) is 0 Å². The van der Waals surface area contributed by atoms with Crippen molar-refractivity contribution in [2.24, 2.45) is 7.05 Å². The number of piperidine rings is 1. The zero-order valence-corrected chi connectivity index (χ0v) is 22.3. The third-order valence-corrected chi connectivity index (χ3v) is 7.46. The molecule has 2 saturated heterocycles. The minimum atomic E-state index is -4.80. The van der Waals surface area contributed by atoms with E-state index >= 15 is 0 Å². The Hall–Kier alpha value is -2.77. The van der Waals surface area contributed by atoms with Crippen molar-refractivity contribution in [2.45, 2.75) is 57.7 Å². The molecule has 0 bridgehead atoms. The number of imidazole rings is 1. The van der Waals surface area contributed by atoms with E-state index in [1.807, 2.05) is 4.90 Å². The minimum absolute atomic E-state index is 0.140. The second-order valence-corrected chi connectivity index (χ2v) is 15.3. The zero-order chi connectivity index (χ0) is 26.1. The van der Waals surface area contributed by atoms with E-state index in [-0.39, 0.29) is 11.7 Å². The summed E-state index contributed by atoms with van der Waals surface area (Å²) < 4.78 is 44.0. The van der Waals surface area contributed by atoms with Crippen molar-refractivity contribution in [3.8, 4) is 28.6 Å². The average molecular weight is 519 g/mol. The number of nitrogens with zero attached hydrogens (tertiary/aromatic N) is 4. The number of rotatable bonds is 4. The molecule has 1 aromatic heterocycles. The second-order valence-electron chi connectivity index (χ2n) is 10.5. The van der Waals surface area contributed by atoms with Gasteiger partial charge in [-0.05, 0) is 50.9 Å². The van der Waals surface area contributed by atoms with E-state index in [0.29, 0.717) is 41.9 Å². The number of halogens is 3. The van der Waals surface area contributed by atoms with Gasteiger partial charge >= 0.3 is 6.36 Å². The number of hydrogen-bond acceptors (Lipinski definition) is 4. The van der Waals surface area contributed by atoms with Crippen molar-refractivity contribution >= 4 is 14.0 Å². The van der Waals surface area contributed by atoms with Gasteiger partial charge in [0.25, 0.3) is 5.91 Å². The van der Waals surface area contributed by atoms with Crippen LogP contribution in [0.25, 0.3) is 11.4 Å². The van der Waals surface area contributed by atoms with Crippen LogP contribution >= 0.6 is 0 Å². The first-order valence-corrected chi connectivity index (χ1v) is 15.9. The van der Waals surface area contributed by atoms with E-state index in [2.05, 4.69) is 45.7 Å². The Morgan fingerprint density at radius 2 is 1.78 bits per heavy atom. The highest BCUT2D eigenvalue weighted by Gasteiger charge is 2.33. The van der Waals surface area contributed by atoms with Crippen LogP contribution in [-0.2, 0) is 7.05 Å². The number of ether oxygens (including phenoxy) is 1. The smallest absolute Gasteiger partial charge is 0.406 e. The summed E-state index contributed by atoms with van der Waals surface area (Å²) >= 11 is 0. The zero-order valence-electron chi connectivity index (χ0n) is 21.3. The largest absolute Gasteiger partial charge is 0.573 e. The first-order valence-electron chi connectivity index (χ1n) is 12.4. The molecule has 0 spiro atoms. The van der Waals surface area contributed by atoms with E-state index < -0.39 is 14.4 Å². The summed E-state index contributed by atoms with van der Waals surface area (Å²) in [6, 6.07) is 6.16. The van der Waals surface area contributed by atoms with E-state index in [4.69, 9.17) is 0 Å². The molecule has 2 aliphatic rings. The van der Waals surface area contributed by atoms with Crippen LogP contribution in [0.15, 0.2) is 24.3 Å². The number of carbonyl (C=O) groups is 1. The monoisotopic (exact) mass is 518 g/mol. The molecular weight excluding hydrogens is 485 g/mol. The van der Waals surface area contributed by atoms with Crippen molar-refractivity contribution in [3.05, 3.63) is 35.7 Å². The number of carbonyl (C=O) groups excluding carboxylic acids is 1. The maximum atomic E-state index is 13.7. The lowest BCUT2D eigenvalue weighted by Crippen LogP contribution is -2.46. The van der Waals surface area contributed by atoms with Crippen LogP contribution in [0.3, 0.4) is 0 Å². The maximum Gasteiger partial charge on any atom is 0.573 e. The molecule has 3 heterocycles. The Kier molecular flexibility index (Phi) is 7.53. The van der Waals surface area contributed by atoms with Crippen LogP contribution in [-0.4, -0.2) is 71.9 Å². The van der Waals surface area contributed by atoms with Gasteiger partial charge < -0.3 is 19.1 Å². The molecular formula is C26H33F3N4O2Si. The highest BCUT2D eigenvalue weighted by molar-refractivity contribution is 6.83. The Balaban J connectivity index is 1.65. The Labute approximate surface area is 211 Å². The Morgan fingerprint density at radius 3 is 2.39 bits per heavy atom. The minimum Gasteiger partial charge on any atom is -0.406 e. The van der Waals surface area contributed by atoms with Crippen LogP contribution in [0.5, 0.6) is 5.75 Å². The first kappa shape index (κ1) is 26.3. The van der Waals surface area contributed by atoms with Crippen LogP contribution in [0.1, 0.15) is 41.9 Å². The van der Waals surface area contributed by atoms with E-state index in [1.165, 1.54) is 31.0 Å². The Bertz CT molecular complexity index is 1160. The van der Waals surface area contributed by atoms with E-state index in [0.717, 1.165) is 25.9 Å². The van der Waals surface area contributed by atoms with Gasteiger partial charge in [-0.3, -0.25) is 4.79 Å². The number of alkyl halides is 3. The quantitative estimate of drug-likeness (QED) is 0.426. The Morgan fingerprint density at radius 1 is 1.11 bits per heavy atom. The third-order valence-electron chi connectivity index (χ3n) is 6.59. The van der Waals surface area contributed by atoms with Gasteiger partial charge in [0.2, 0.25) is 0 Å². The molecule has 6 nitrogen and oxygen atoms in total. The molecule has 1 aromatic carbocycles. The molecule has 2 fully saturated rings. The molecule has 1 amide bonds. The fourth-order valence-corrected chi connectivity index (χ4v) is 5.35. The molecule has 0 atom stereocenters. The lowest BCUT2D eigenvalue weighted by molar-refractivity contribution is -0.274. The van der Waals surface area contributed by atoms with Gasteiger partial charge in [0.1, 0.15) is 31.0 Å². The van der Waals surface area contributed by atoms with Crippen molar-refractivity contribution in [1.82, 2.24) is 19.4 Å². The summed E-state index contributed by atoms with van der Waals surface area (Å²) in [6.45, 7) is 9.91. The number of benzene rings is 1. The summed E-state index contributed by atoms with van der Waals surface area (Å²) in [7, 11) is -0.0586. The molecule has 0 radical (unpaired) electrons. The molecule has 0 N–H and O–H groups in total. The third kappa shape index (κ3) is 6.31. The molecule has 2 aliphatic heterocycles. The molecule has 36 heavy (non-hydrogen) atoms. The number of aromatic nitrogens is 2. The molecule has 0 unspecified atom stereocenters. The van der Waals surface area contributed by atoms with Crippen LogP contribution < -0.4 is 4.74 Å². The second kappa shape index (κ2) is 10.3. The fraction of sp³-hybridized carbons (Fsp3) is 0.538. The predicted molar refractivity (Wildman–Crippen MR) is 135 cm³/mol. The number of likely N-dealkylation sites (tertiary alicyclic amines) is 2. The van der Waals surface area contributed by atoms with Crippen molar-refractivity contribution in [3.63, 3.8) is 0 Å². The fourth-order valence-electron chi connectivity index (χ4n) is 4.86. The summed E-state index contributed by atoms with van der Waals surface area (Å²) in [5.41, 5.74) is 4.43. The van der Waals surface area contributed by atoms with Crippen LogP contribution in [0.4, 0.5) is 13.2 Å². The summed E-state index contributed by atoms with van der Waals surface area (Å²) in [5.74, 6) is 3.02. The van der Waals surface area contributed by atoms with Gasteiger partial charge in [-0.25, -0.2) is 4.98 Å². The number of hydrogen-bond donors (Lipinski definition) is 0. The van der Waals surface area contributed by atoms with E-state index in [1.54, 1.807) is 17.7 Å². The normalized spacial score (nSPS) is 17.7. The van der Waals surface area contributed by atoms with Gasteiger partial charge in [-0.2, -0.15) is 0 Å². The summed E-state index contributed by atoms with van der Waals surface area (Å²) in [6.07, 6.45) is -0.445. The molecule has 10 heteroatoms. The average Bonchev–Trinajstić information content (AvgIpc) is 3.44. The SMILES string of the molecule is Cn1c(-c2cccc(OC(F)(F)F)c2)nc(C#C[Si](C)(C)C)c1C(=O)N1CCC(N2CCCC2)CC1. The molecule has 2 aromatic rings. The lowest BCUT2D eigenvalue weighted by Gasteiger charge is -2.36. The van der Waals surface area contributed by atoms with Gasteiger partial charge in [0, 0.05) is 31.7 Å². The highest BCUT2D eigenvalue weighted by Crippen LogP contribution is 2.30. The van der Waals surface area contributed by atoms with Crippen molar-refractivity contribution < 1.29 is 22.7 Å². The standard InChI is InChI=1S/C26H33F3N4O2Si/c1-31-23(25(34)33-15-10-20(11-16-33)32-13-5-6-14-32)22(12-17-36(2,3)4)30-24(31)19-8-7-9-21(18-19)35-26(27,28)29/h7-9,18,20H,5-6,10-11,13-16H2,1-4H3. The molecule has 4 rings (SSSR count). The molecule has 194 valence electrons. The molecule has 0 saturated carbocycles. The van der Waals surface area contributed by atoms with Gasteiger partial charge in [-0.15, -0.1) is 18.7 Å². The molecule has 0 aliphatic carbocycles. The summed E-state index contributed by atoms with van der Waals surface area (Å²) in [4.78, 5) is 22.7. The maximum absolute atomic E-state index is 13.7. The lowest BCUT2D eigenvalue weighted by atomic mass is 10.0. The van der Waals surface area contributed by atoms with Crippen LogP contribution in [0, 0.1) is 11.5 Å². The highest BCUT2D eigenvalue weighted by atomic mass is 28.3. The van der Waals surface area contributed by atoms with Gasteiger partial charge in [0.15, 0.2) is 0 Å². The van der Waals surface area contributed by atoms with Crippen LogP contribution in [0.2, 0.25) is 19.6 Å². The van der Waals surface area contributed by atoms with Gasteiger partial charge in [0.05, 0.1) is 0 Å². The van der Waals surface area contributed by atoms with Crippen molar-refractivity contribution in [2.75, 3.05) is 26.2 Å². The van der Waals surface area contributed by atoms with E-state index in [9.17, 15) is 18.0 Å². The first-order chi connectivity index (χ1) is 16.9. The topological polar surface area (TPSA) is 50.6 Å². The summed E-state index contributed by atoms with van der Waals surface area (Å²) in [5, 5.41) is 0. The predicted octanol–water partition coefficient (Wildman–Crippen LogP) is 4.92.